The number of hydrazine groups is 1. The van der Waals surface area contributed by atoms with Gasteiger partial charge in [-0.25, -0.2) is 14.5 Å². The van der Waals surface area contributed by atoms with Crippen molar-refractivity contribution in [3.05, 3.63) is 10.1 Å². The zero-order valence-electron chi connectivity index (χ0n) is 4.74. The molecule has 6 heteroatoms. The molecule has 1 aliphatic heterocycles. The molecular weight excluding hydrogens is 142 g/mol. The average molecular weight is 149 g/mol. The molecule has 0 radical (unpaired) electrons. The van der Waals surface area contributed by atoms with E-state index in [1.807, 2.05) is 0 Å². The van der Waals surface area contributed by atoms with Gasteiger partial charge in [-0.05, 0) is 6.42 Å². The van der Waals surface area contributed by atoms with Gasteiger partial charge in [0.2, 0.25) is 0 Å². The van der Waals surface area contributed by atoms with Gasteiger partial charge in [0.1, 0.15) is 0 Å². The molecule has 0 amide bonds. The highest BCUT2D eigenvalue weighted by Crippen LogP contribution is 1.98. The molecule has 0 saturated heterocycles. The Hall–Kier alpha value is -0.650. The summed E-state index contributed by atoms with van der Waals surface area (Å²) in [4.78, 5) is 11.9. The van der Waals surface area contributed by atoms with Crippen molar-refractivity contribution in [2.75, 3.05) is 12.3 Å². The van der Waals surface area contributed by atoms with Crippen LogP contribution in [0.15, 0.2) is 4.36 Å². The van der Waals surface area contributed by atoms with Crippen molar-refractivity contribution < 1.29 is 5.03 Å². The molecule has 1 unspecified atom stereocenters. The van der Waals surface area contributed by atoms with Crippen LogP contribution in [0.3, 0.4) is 0 Å². The summed E-state index contributed by atoms with van der Waals surface area (Å²) in [6.45, 7) is 0.768. The lowest BCUT2D eigenvalue weighted by Gasteiger charge is -1.92. The Bertz CT molecular complexity index is 157. The molecular formula is C3H7N3O2S. The molecule has 0 aromatic carbocycles. The molecule has 1 N–H and O–H groups in total. The van der Waals surface area contributed by atoms with Gasteiger partial charge in [0.25, 0.3) is 0 Å². The average Bonchev–Trinajstić information content (AvgIpc) is 2.15. The van der Waals surface area contributed by atoms with E-state index in [2.05, 4.69) is 9.19 Å². The minimum Gasteiger partial charge on any atom is -0.240 e. The summed E-state index contributed by atoms with van der Waals surface area (Å²) in [7, 11) is -0.481. The molecule has 0 spiro atoms. The van der Waals surface area contributed by atoms with Crippen LogP contribution < -0.4 is 4.83 Å². The van der Waals surface area contributed by atoms with Gasteiger partial charge in [-0.1, -0.05) is 4.83 Å². The standard InChI is InChI=1S/C3H7N3O2S/c7-6(8)5-9-3-1-2-4-9/h1-3H2,(H,4,5). The van der Waals surface area contributed by atoms with Crippen LogP contribution in [-0.4, -0.2) is 17.3 Å². The molecule has 1 heterocycles. The van der Waals surface area contributed by atoms with Crippen LogP contribution in [0.25, 0.3) is 0 Å². The first-order valence-corrected chi connectivity index (χ1v) is 3.93. The van der Waals surface area contributed by atoms with E-state index in [1.54, 1.807) is 0 Å². The van der Waals surface area contributed by atoms with Gasteiger partial charge in [0, 0.05) is 12.3 Å². The van der Waals surface area contributed by atoms with Crippen molar-refractivity contribution in [2.45, 2.75) is 6.42 Å². The summed E-state index contributed by atoms with van der Waals surface area (Å²) in [5.74, 6) is 0.820. The van der Waals surface area contributed by atoms with Gasteiger partial charge in [0.15, 0.2) is 5.03 Å². The summed E-state index contributed by atoms with van der Waals surface area (Å²) in [6.07, 6.45) is 0.976. The summed E-state index contributed by atoms with van der Waals surface area (Å²) in [5, 5.41) is 9.27. The number of hydrogen-bond acceptors (Lipinski definition) is 3. The van der Waals surface area contributed by atoms with E-state index in [1.165, 1.54) is 0 Å². The second kappa shape index (κ2) is 2.77. The Kier molecular flexibility index (Phi) is 1.99. The number of nitrogens with one attached hydrogen (secondary N) is 1. The lowest BCUT2D eigenvalue weighted by Crippen LogP contribution is -2.23. The topological polar surface area (TPSA) is 67.5 Å². The van der Waals surface area contributed by atoms with Crippen molar-refractivity contribution in [1.29, 1.82) is 0 Å². The first kappa shape index (κ1) is 6.47. The Balaban J connectivity index is 2.35. The highest BCUT2D eigenvalue weighted by molar-refractivity contribution is 7.85. The maximum Gasteiger partial charge on any atom is 0.169 e. The van der Waals surface area contributed by atoms with E-state index < -0.39 is 15.9 Å². The predicted octanol–water partition coefficient (Wildman–Crippen LogP) is -0.112. The summed E-state index contributed by atoms with van der Waals surface area (Å²) in [5.41, 5.74) is 0. The number of nitrogens with zero attached hydrogens (tertiary/aromatic N) is 2. The zero-order chi connectivity index (χ0) is 6.69. The van der Waals surface area contributed by atoms with Crippen LogP contribution in [0.1, 0.15) is 6.42 Å². The van der Waals surface area contributed by atoms with Crippen molar-refractivity contribution in [2.24, 2.45) is 4.36 Å². The maximum atomic E-state index is 9.80. The fourth-order valence-corrected chi connectivity index (χ4v) is 1.80. The maximum absolute atomic E-state index is 9.80. The fourth-order valence-electron chi connectivity index (χ4n) is 0.601. The van der Waals surface area contributed by atoms with Gasteiger partial charge in [-0.3, -0.25) is 0 Å². The van der Waals surface area contributed by atoms with Crippen LogP contribution in [0.5, 0.6) is 0 Å². The van der Waals surface area contributed by atoms with E-state index in [0.29, 0.717) is 0 Å². The SMILES string of the molecule is O=[N+]([O-])NS1=NCCC1. The quantitative estimate of drug-likeness (QED) is 0.440. The molecule has 0 fully saturated rings. The predicted molar refractivity (Wildman–Crippen MR) is 34.3 cm³/mol. The molecule has 52 valence electrons. The fraction of sp³-hybridized carbons (Fsp3) is 1.00. The van der Waals surface area contributed by atoms with Crippen LogP contribution >= 0.6 is 0 Å². The molecule has 0 aliphatic carbocycles. The van der Waals surface area contributed by atoms with Gasteiger partial charge < -0.3 is 0 Å². The summed E-state index contributed by atoms with van der Waals surface area (Å²) in [6, 6.07) is 0. The lowest BCUT2D eigenvalue weighted by atomic mass is 10.5. The van der Waals surface area contributed by atoms with Crippen LogP contribution in [0.2, 0.25) is 0 Å². The van der Waals surface area contributed by atoms with Crippen molar-refractivity contribution >= 4 is 10.9 Å². The molecule has 0 bridgehead atoms. The lowest BCUT2D eigenvalue weighted by molar-refractivity contribution is -0.517. The Labute approximate surface area is 54.8 Å². The molecule has 1 aliphatic rings. The first-order chi connectivity index (χ1) is 4.29. The Morgan fingerprint density at radius 1 is 1.78 bits per heavy atom. The summed E-state index contributed by atoms with van der Waals surface area (Å²) >= 11 is 0. The van der Waals surface area contributed by atoms with E-state index >= 15 is 0 Å². The third kappa shape index (κ3) is 1.96. The van der Waals surface area contributed by atoms with Gasteiger partial charge in [-0.15, -0.1) is 0 Å². The molecule has 0 aromatic rings. The normalized spacial score (nSPS) is 25.1. The van der Waals surface area contributed by atoms with Gasteiger partial charge >= 0.3 is 0 Å². The second-order valence-electron chi connectivity index (χ2n) is 1.62. The minimum absolute atomic E-state index is 0.481. The number of hydrogen-bond donors (Lipinski definition) is 1. The Morgan fingerprint density at radius 3 is 3.00 bits per heavy atom. The molecule has 0 aromatic heterocycles. The van der Waals surface area contributed by atoms with E-state index in [4.69, 9.17) is 0 Å². The third-order valence-corrected chi connectivity index (χ3v) is 2.45. The van der Waals surface area contributed by atoms with Crippen LogP contribution in [0, 0.1) is 10.1 Å². The largest absolute Gasteiger partial charge is 0.240 e. The van der Waals surface area contributed by atoms with Gasteiger partial charge in [-0.2, -0.15) is 0 Å². The van der Waals surface area contributed by atoms with E-state index in [9.17, 15) is 10.1 Å². The molecule has 9 heavy (non-hydrogen) atoms. The van der Waals surface area contributed by atoms with Crippen molar-refractivity contribution in [3.8, 4) is 0 Å². The van der Waals surface area contributed by atoms with E-state index in [0.717, 1.165) is 18.7 Å². The first-order valence-electron chi connectivity index (χ1n) is 2.58. The smallest absolute Gasteiger partial charge is 0.169 e. The monoisotopic (exact) mass is 149 g/mol. The molecule has 1 atom stereocenters. The number of rotatable bonds is 2. The zero-order valence-corrected chi connectivity index (χ0v) is 5.56. The van der Waals surface area contributed by atoms with Crippen LogP contribution in [0.4, 0.5) is 0 Å². The summed E-state index contributed by atoms with van der Waals surface area (Å²) < 4.78 is 3.95. The van der Waals surface area contributed by atoms with E-state index in [-0.39, 0.29) is 0 Å². The van der Waals surface area contributed by atoms with Gasteiger partial charge in [0.05, 0.1) is 10.9 Å². The second-order valence-corrected chi connectivity index (χ2v) is 3.20. The minimum atomic E-state index is -0.530. The highest BCUT2D eigenvalue weighted by Gasteiger charge is 2.07. The molecule has 1 rings (SSSR count). The highest BCUT2D eigenvalue weighted by atomic mass is 32.2. The van der Waals surface area contributed by atoms with Crippen LogP contribution in [-0.2, 0) is 10.9 Å². The number of nitro groups is 1. The van der Waals surface area contributed by atoms with Crippen molar-refractivity contribution in [1.82, 2.24) is 4.83 Å². The van der Waals surface area contributed by atoms with Crippen molar-refractivity contribution in [3.63, 3.8) is 0 Å². The molecule has 5 nitrogen and oxygen atoms in total. The molecule has 0 saturated carbocycles. The Morgan fingerprint density at radius 2 is 2.56 bits per heavy atom. The third-order valence-electron chi connectivity index (χ3n) is 0.923.